The lowest BCUT2D eigenvalue weighted by Gasteiger charge is -2.00. The average Bonchev–Trinajstić information content (AvgIpc) is 2.53. The van der Waals surface area contributed by atoms with Crippen LogP contribution in [0.2, 0.25) is 0 Å². The molecule has 0 radical (unpaired) electrons. The number of rotatable bonds is 5. The first kappa shape index (κ1) is 15.1. The Morgan fingerprint density at radius 2 is 1.81 bits per heavy atom. The van der Waals surface area contributed by atoms with Crippen molar-refractivity contribution in [3.05, 3.63) is 59.4 Å². The molecule has 0 amide bonds. The van der Waals surface area contributed by atoms with Crippen molar-refractivity contribution >= 4 is 0 Å². The van der Waals surface area contributed by atoms with E-state index < -0.39 is 0 Å². The summed E-state index contributed by atoms with van der Waals surface area (Å²) in [5, 5.41) is 0. The second kappa shape index (κ2) is 8.11. The maximum atomic E-state index is 5.36. The summed E-state index contributed by atoms with van der Waals surface area (Å²) in [7, 11) is 0. The molecule has 0 spiro atoms. The van der Waals surface area contributed by atoms with Gasteiger partial charge in [0.05, 0.1) is 12.8 Å². The van der Waals surface area contributed by atoms with Crippen molar-refractivity contribution in [2.24, 2.45) is 0 Å². The smallest absolute Gasteiger partial charge is 0.137 e. The van der Waals surface area contributed by atoms with Crippen molar-refractivity contribution in [2.75, 3.05) is 6.61 Å². The number of unbranched alkanes of at least 4 members (excludes halogenated alkanes) is 1. The van der Waals surface area contributed by atoms with E-state index in [-0.39, 0.29) is 0 Å². The van der Waals surface area contributed by atoms with Gasteiger partial charge in [0.25, 0.3) is 0 Å². The van der Waals surface area contributed by atoms with E-state index in [1.54, 1.807) is 6.20 Å². The van der Waals surface area contributed by atoms with Gasteiger partial charge in [-0.15, -0.1) is 0 Å². The van der Waals surface area contributed by atoms with Gasteiger partial charge in [-0.2, -0.15) is 0 Å². The zero-order valence-corrected chi connectivity index (χ0v) is 12.7. The van der Waals surface area contributed by atoms with Gasteiger partial charge in [-0.25, -0.2) is 4.98 Å². The van der Waals surface area contributed by atoms with Gasteiger partial charge in [0, 0.05) is 5.56 Å². The highest BCUT2D eigenvalue weighted by Gasteiger charge is 1.94. The minimum absolute atomic E-state index is 0.650. The van der Waals surface area contributed by atoms with Gasteiger partial charge in [0.15, 0.2) is 0 Å². The van der Waals surface area contributed by atoms with Crippen molar-refractivity contribution in [2.45, 2.75) is 33.1 Å². The number of aromatic nitrogens is 1. The lowest BCUT2D eigenvalue weighted by Crippen LogP contribution is -1.92. The predicted octanol–water partition coefficient (Wildman–Crippen LogP) is 4.22. The molecule has 2 rings (SSSR count). The molecule has 1 aromatic heterocycles. The normalized spacial score (nSPS) is 9.81. The van der Waals surface area contributed by atoms with Crippen LogP contribution in [0.1, 0.15) is 43.5 Å². The molecule has 21 heavy (non-hydrogen) atoms. The van der Waals surface area contributed by atoms with Crippen molar-refractivity contribution < 1.29 is 4.74 Å². The maximum Gasteiger partial charge on any atom is 0.137 e. The van der Waals surface area contributed by atoms with Crippen LogP contribution in [0.3, 0.4) is 0 Å². The van der Waals surface area contributed by atoms with Gasteiger partial charge >= 0.3 is 0 Å². The Balaban J connectivity index is 2.01. The van der Waals surface area contributed by atoms with Gasteiger partial charge < -0.3 is 4.74 Å². The molecule has 2 aromatic rings. The molecule has 0 aliphatic heterocycles. The molecule has 0 aliphatic carbocycles. The van der Waals surface area contributed by atoms with Crippen LogP contribution in [-0.4, -0.2) is 11.6 Å². The number of aryl methyl sites for hydroxylation is 1. The molecule has 108 valence electrons. The first-order valence-electron chi connectivity index (χ1n) is 7.51. The second-order valence-electron chi connectivity index (χ2n) is 4.86. The van der Waals surface area contributed by atoms with E-state index in [0.29, 0.717) is 6.61 Å². The van der Waals surface area contributed by atoms with Gasteiger partial charge in [0.2, 0.25) is 0 Å². The van der Waals surface area contributed by atoms with Crippen LogP contribution in [0.15, 0.2) is 42.6 Å². The fraction of sp³-hybridized carbons (Fsp3) is 0.316. The topological polar surface area (TPSA) is 22.1 Å². The number of benzene rings is 1. The van der Waals surface area contributed by atoms with E-state index in [0.717, 1.165) is 23.4 Å². The summed E-state index contributed by atoms with van der Waals surface area (Å²) in [5.74, 6) is 7.00. The van der Waals surface area contributed by atoms with Gasteiger partial charge in [-0.1, -0.05) is 31.4 Å². The Morgan fingerprint density at radius 3 is 2.43 bits per heavy atom. The monoisotopic (exact) mass is 279 g/mol. The summed E-state index contributed by atoms with van der Waals surface area (Å²) >= 11 is 0. The summed E-state index contributed by atoms with van der Waals surface area (Å²) in [4.78, 5) is 4.27. The largest absolute Gasteiger partial charge is 0.492 e. The van der Waals surface area contributed by atoms with E-state index in [1.807, 2.05) is 19.1 Å². The summed E-state index contributed by atoms with van der Waals surface area (Å²) in [6, 6.07) is 12.2. The number of hydrogen-bond donors (Lipinski definition) is 0. The van der Waals surface area contributed by atoms with Gasteiger partial charge in [-0.3, -0.25) is 0 Å². The highest BCUT2D eigenvalue weighted by molar-refractivity contribution is 5.41. The summed E-state index contributed by atoms with van der Waals surface area (Å²) in [5.41, 5.74) is 3.15. The number of nitrogens with zero attached hydrogens (tertiary/aromatic N) is 1. The molecule has 2 nitrogen and oxygen atoms in total. The number of ether oxygens (including phenoxy) is 1. The third-order valence-electron chi connectivity index (χ3n) is 3.16. The zero-order chi connectivity index (χ0) is 14.9. The molecule has 2 heteroatoms. The highest BCUT2D eigenvalue weighted by Crippen LogP contribution is 2.09. The lowest BCUT2D eigenvalue weighted by atomic mass is 10.1. The second-order valence-corrected chi connectivity index (χ2v) is 4.86. The average molecular weight is 279 g/mol. The molecule has 0 unspecified atom stereocenters. The molecular weight excluding hydrogens is 258 g/mol. The first-order valence-corrected chi connectivity index (χ1v) is 7.51. The van der Waals surface area contributed by atoms with Crippen LogP contribution in [-0.2, 0) is 6.42 Å². The molecule has 0 saturated heterocycles. The molecule has 0 saturated carbocycles. The number of hydrogen-bond acceptors (Lipinski definition) is 2. The minimum atomic E-state index is 0.650. The molecular formula is C19H21NO. The molecule has 0 fully saturated rings. The Kier molecular flexibility index (Phi) is 5.84. The van der Waals surface area contributed by atoms with E-state index in [4.69, 9.17) is 4.74 Å². The van der Waals surface area contributed by atoms with Crippen molar-refractivity contribution in [3.63, 3.8) is 0 Å². The molecule has 0 atom stereocenters. The Bertz CT molecular complexity index is 603. The summed E-state index contributed by atoms with van der Waals surface area (Å²) in [6.07, 6.45) is 5.32. The van der Waals surface area contributed by atoms with Crippen LogP contribution >= 0.6 is 0 Å². The summed E-state index contributed by atoms with van der Waals surface area (Å²) < 4.78 is 5.36. The quantitative estimate of drug-likeness (QED) is 0.764. The molecule has 0 bridgehead atoms. The fourth-order valence-electron chi connectivity index (χ4n) is 1.98. The van der Waals surface area contributed by atoms with E-state index >= 15 is 0 Å². The van der Waals surface area contributed by atoms with Crippen molar-refractivity contribution in [3.8, 4) is 17.6 Å². The summed E-state index contributed by atoms with van der Waals surface area (Å²) in [6.45, 7) is 4.82. The first-order chi connectivity index (χ1) is 10.3. The molecule has 1 heterocycles. The van der Waals surface area contributed by atoms with E-state index in [9.17, 15) is 0 Å². The van der Waals surface area contributed by atoms with Crippen molar-refractivity contribution in [1.29, 1.82) is 0 Å². The lowest BCUT2D eigenvalue weighted by molar-refractivity contribution is 0.339. The van der Waals surface area contributed by atoms with Crippen LogP contribution in [0.25, 0.3) is 0 Å². The Morgan fingerprint density at radius 1 is 1.00 bits per heavy atom. The number of pyridine rings is 1. The van der Waals surface area contributed by atoms with Gasteiger partial charge in [0.1, 0.15) is 11.4 Å². The third kappa shape index (κ3) is 4.96. The van der Waals surface area contributed by atoms with Crippen LogP contribution in [0.4, 0.5) is 0 Å². The zero-order valence-electron chi connectivity index (χ0n) is 12.7. The Hall–Kier alpha value is -2.27. The standard InChI is InChI=1S/C19H21NO/c1-3-5-6-16-7-9-17(10-8-16)11-12-18-13-14-19(15-20-18)21-4-2/h7-10,13-15H,3-6H2,1-2H3. The maximum absolute atomic E-state index is 5.36. The van der Waals surface area contributed by atoms with Crippen LogP contribution in [0, 0.1) is 11.8 Å². The molecule has 1 aromatic carbocycles. The SMILES string of the molecule is CCCCc1ccc(C#Cc2ccc(OCC)cn2)cc1. The Labute approximate surface area is 127 Å². The molecule has 0 aliphatic rings. The minimum Gasteiger partial charge on any atom is -0.492 e. The molecule has 0 N–H and O–H groups in total. The van der Waals surface area contributed by atoms with E-state index in [2.05, 4.69) is 48.0 Å². The van der Waals surface area contributed by atoms with Gasteiger partial charge in [-0.05, 0) is 55.5 Å². The highest BCUT2D eigenvalue weighted by atomic mass is 16.5. The third-order valence-corrected chi connectivity index (χ3v) is 3.16. The predicted molar refractivity (Wildman–Crippen MR) is 86.4 cm³/mol. The fourth-order valence-corrected chi connectivity index (χ4v) is 1.98. The van der Waals surface area contributed by atoms with E-state index in [1.165, 1.54) is 18.4 Å². The van der Waals surface area contributed by atoms with Crippen LogP contribution < -0.4 is 4.74 Å². The van der Waals surface area contributed by atoms with Crippen LogP contribution in [0.5, 0.6) is 5.75 Å². The van der Waals surface area contributed by atoms with Crippen molar-refractivity contribution in [1.82, 2.24) is 4.98 Å².